The Bertz CT molecular complexity index is 848. The van der Waals surface area contributed by atoms with Crippen LogP contribution in [0.1, 0.15) is 44.7 Å². The van der Waals surface area contributed by atoms with Gasteiger partial charge in [-0.2, -0.15) is 0 Å². The van der Waals surface area contributed by atoms with Crippen LogP contribution >= 0.6 is 0 Å². The molecule has 6 heteroatoms. The highest BCUT2D eigenvalue weighted by atomic mass is 16.2. The molecule has 1 heterocycles. The average molecular weight is 383 g/mol. The third-order valence-corrected chi connectivity index (χ3v) is 4.31. The van der Waals surface area contributed by atoms with Gasteiger partial charge >= 0.3 is 0 Å². The maximum Gasteiger partial charge on any atom is 0.250 e. The van der Waals surface area contributed by atoms with Crippen molar-refractivity contribution in [2.75, 3.05) is 6.54 Å². The summed E-state index contributed by atoms with van der Waals surface area (Å²) in [7, 11) is 0. The monoisotopic (exact) mass is 383 g/mol. The predicted molar refractivity (Wildman–Crippen MR) is 110 cm³/mol. The number of amides is 2. The molecule has 2 rings (SSSR count). The normalized spacial score (nSPS) is 11.1. The van der Waals surface area contributed by atoms with Crippen molar-refractivity contribution in [1.82, 2.24) is 15.2 Å². The van der Waals surface area contributed by atoms with E-state index < -0.39 is 5.41 Å². The highest BCUT2D eigenvalue weighted by molar-refractivity contribution is 5.81. The smallest absolute Gasteiger partial charge is 0.250 e. The van der Waals surface area contributed by atoms with Crippen LogP contribution in [-0.4, -0.2) is 22.9 Å². The molecule has 0 radical (unpaired) electrons. The predicted octanol–water partition coefficient (Wildman–Crippen LogP) is 2.46. The largest absolute Gasteiger partial charge is 0.356 e. The van der Waals surface area contributed by atoms with Crippen molar-refractivity contribution in [2.24, 2.45) is 5.41 Å². The second-order valence-electron chi connectivity index (χ2n) is 7.87. The molecule has 2 N–H and O–H groups in total. The Morgan fingerprint density at radius 3 is 2.29 bits per heavy atom. The zero-order valence-electron chi connectivity index (χ0n) is 16.8. The molecule has 0 spiro atoms. The fraction of sp³-hybridized carbons (Fsp3) is 0.409. The molecule has 0 aliphatic heterocycles. The van der Waals surface area contributed by atoms with Gasteiger partial charge in [-0.15, -0.1) is 0 Å². The highest BCUT2D eigenvalue weighted by Crippen LogP contribution is 2.12. The first kappa shape index (κ1) is 21.4. The van der Waals surface area contributed by atoms with E-state index in [1.54, 1.807) is 22.9 Å². The van der Waals surface area contributed by atoms with Crippen LogP contribution in [0.3, 0.4) is 0 Å². The summed E-state index contributed by atoms with van der Waals surface area (Å²) >= 11 is 0. The molecule has 150 valence electrons. The van der Waals surface area contributed by atoms with Gasteiger partial charge < -0.3 is 15.2 Å². The lowest BCUT2D eigenvalue weighted by atomic mass is 9.96. The van der Waals surface area contributed by atoms with Crippen LogP contribution in [0.2, 0.25) is 0 Å². The van der Waals surface area contributed by atoms with Crippen LogP contribution in [0.15, 0.2) is 53.5 Å². The number of nitrogens with one attached hydrogen (secondary N) is 2. The number of rotatable bonds is 8. The lowest BCUT2D eigenvalue weighted by molar-refractivity contribution is -0.128. The molecule has 0 unspecified atom stereocenters. The minimum absolute atomic E-state index is 0.00855. The SMILES string of the molecule is CC(C)(C)C(=O)NCCCC(=O)NCc1ccc(Cn2ccccc2=O)cc1. The number of benzene rings is 1. The van der Waals surface area contributed by atoms with E-state index in [-0.39, 0.29) is 17.4 Å². The molecule has 2 amide bonds. The van der Waals surface area contributed by atoms with E-state index in [2.05, 4.69) is 10.6 Å². The Hall–Kier alpha value is -2.89. The van der Waals surface area contributed by atoms with Crippen molar-refractivity contribution in [3.63, 3.8) is 0 Å². The van der Waals surface area contributed by atoms with E-state index in [4.69, 9.17) is 0 Å². The van der Waals surface area contributed by atoms with Gasteiger partial charge in [-0.25, -0.2) is 0 Å². The van der Waals surface area contributed by atoms with Crippen LogP contribution in [-0.2, 0) is 22.7 Å². The van der Waals surface area contributed by atoms with Crippen molar-refractivity contribution >= 4 is 11.8 Å². The molecule has 0 aliphatic carbocycles. The molecule has 28 heavy (non-hydrogen) atoms. The first-order valence-corrected chi connectivity index (χ1v) is 9.54. The van der Waals surface area contributed by atoms with Crippen molar-refractivity contribution in [3.8, 4) is 0 Å². The van der Waals surface area contributed by atoms with Gasteiger partial charge in [0.15, 0.2) is 0 Å². The standard InChI is InChI=1S/C22H29N3O3/c1-22(2,3)21(28)23-13-6-7-19(26)24-15-17-9-11-18(12-10-17)16-25-14-5-4-8-20(25)27/h4-5,8-12,14H,6-7,13,15-16H2,1-3H3,(H,23,28)(H,24,26). The first-order valence-electron chi connectivity index (χ1n) is 9.54. The molecule has 0 saturated heterocycles. The summed E-state index contributed by atoms with van der Waals surface area (Å²) in [5, 5.41) is 5.73. The second kappa shape index (κ2) is 9.88. The van der Waals surface area contributed by atoms with E-state index >= 15 is 0 Å². The molecule has 0 bridgehead atoms. The highest BCUT2D eigenvalue weighted by Gasteiger charge is 2.20. The Morgan fingerprint density at radius 1 is 0.964 bits per heavy atom. The van der Waals surface area contributed by atoms with E-state index in [9.17, 15) is 14.4 Å². The van der Waals surface area contributed by atoms with E-state index in [1.807, 2.05) is 51.1 Å². The van der Waals surface area contributed by atoms with Crippen LogP contribution in [0.5, 0.6) is 0 Å². The zero-order chi connectivity index (χ0) is 20.6. The lowest BCUT2D eigenvalue weighted by Gasteiger charge is -2.17. The number of hydrogen-bond acceptors (Lipinski definition) is 3. The summed E-state index contributed by atoms with van der Waals surface area (Å²) < 4.78 is 1.65. The Morgan fingerprint density at radius 2 is 1.64 bits per heavy atom. The van der Waals surface area contributed by atoms with Gasteiger partial charge in [0.1, 0.15) is 0 Å². The molecule has 0 saturated carbocycles. The van der Waals surface area contributed by atoms with Crippen molar-refractivity contribution in [1.29, 1.82) is 0 Å². The molecule has 6 nitrogen and oxygen atoms in total. The maximum absolute atomic E-state index is 11.9. The number of carbonyl (C=O) groups excluding carboxylic acids is 2. The number of carbonyl (C=O) groups is 2. The molecule has 0 aliphatic rings. The molecular weight excluding hydrogens is 354 g/mol. The fourth-order valence-corrected chi connectivity index (χ4v) is 2.56. The third-order valence-electron chi connectivity index (χ3n) is 4.31. The first-order chi connectivity index (χ1) is 13.3. The van der Waals surface area contributed by atoms with Crippen LogP contribution in [0, 0.1) is 5.41 Å². The zero-order valence-corrected chi connectivity index (χ0v) is 16.8. The summed E-state index contributed by atoms with van der Waals surface area (Å²) in [4.78, 5) is 35.4. The number of pyridine rings is 1. The Balaban J connectivity index is 1.71. The quantitative estimate of drug-likeness (QED) is 0.687. The second-order valence-corrected chi connectivity index (χ2v) is 7.87. The van der Waals surface area contributed by atoms with Gasteiger partial charge in [0.25, 0.3) is 5.56 Å². The molecule has 1 aromatic heterocycles. The summed E-state index contributed by atoms with van der Waals surface area (Å²) in [6.07, 6.45) is 2.75. The third kappa shape index (κ3) is 7.02. The molecule has 1 aromatic carbocycles. The average Bonchev–Trinajstić information content (AvgIpc) is 2.65. The Kier molecular flexibility index (Phi) is 7.55. The van der Waals surface area contributed by atoms with E-state index in [0.717, 1.165) is 11.1 Å². The minimum Gasteiger partial charge on any atom is -0.356 e. The fourth-order valence-electron chi connectivity index (χ4n) is 2.56. The van der Waals surface area contributed by atoms with Crippen molar-refractivity contribution in [3.05, 3.63) is 70.1 Å². The summed E-state index contributed by atoms with van der Waals surface area (Å²) in [6, 6.07) is 12.9. The molecule has 0 atom stereocenters. The van der Waals surface area contributed by atoms with Gasteiger partial charge in [0, 0.05) is 37.2 Å². The Labute approximate surface area is 166 Å². The number of nitrogens with zero attached hydrogens (tertiary/aromatic N) is 1. The van der Waals surface area contributed by atoms with Gasteiger partial charge in [-0.3, -0.25) is 14.4 Å². The lowest BCUT2D eigenvalue weighted by Crippen LogP contribution is -2.35. The van der Waals surface area contributed by atoms with Crippen LogP contribution in [0.25, 0.3) is 0 Å². The number of hydrogen-bond donors (Lipinski definition) is 2. The van der Waals surface area contributed by atoms with Crippen LogP contribution in [0.4, 0.5) is 0 Å². The van der Waals surface area contributed by atoms with Crippen LogP contribution < -0.4 is 16.2 Å². The van der Waals surface area contributed by atoms with Gasteiger partial charge in [-0.1, -0.05) is 51.1 Å². The summed E-state index contributed by atoms with van der Waals surface area (Å²) in [6.45, 7) is 7.05. The van der Waals surface area contributed by atoms with E-state index in [0.29, 0.717) is 32.5 Å². The summed E-state index contributed by atoms with van der Waals surface area (Å²) in [5.41, 5.74) is 1.58. The van der Waals surface area contributed by atoms with Crippen molar-refractivity contribution in [2.45, 2.75) is 46.7 Å². The molecular formula is C22H29N3O3. The molecule has 2 aromatic rings. The van der Waals surface area contributed by atoms with E-state index in [1.165, 1.54) is 0 Å². The minimum atomic E-state index is -0.414. The number of aromatic nitrogens is 1. The topological polar surface area (TPSA) is 80.2 Å². The van der Waals surface area contributed by atoms with Gasteiger partial charge in [0.05, 0.1) is 6.54 Å². The maximum atomic E-state index is 11.9. The summed E-state index contributed by atoms with van der Waals surface area (Å²) in [5.74, 6) is -0.0457. The van der Waals surface area contributed by atoms with Crippen molar-refractivity contribution < 1.29 is 9.59 Å². The molecule has 0 fully saturated rings. The van der Waals surface area contributed by atoms with Gasteiger partial charge in [0.2, 0.25) is 11.8 Å². The van der Waals surface area contributed by atoms with Gasteiger partial charge in [-0.05, 0) is 23.6 Å².